The van der Waals surface area contributed by atoms with Gasteiger partial charge in [-0.15, -0.1) is 0 Å². The maximum absolute atomic E-state index is 5.12. The number of benzene rings is 1. The quantitative estimate of drug-likeness (QED) is 0.842. The molecule has 2 aromatic rings. The fourth-order valence-electron chi connectivity index (χ4n) is 1.75. The number of methoxy groups -OCH3 is 1. The highest BCUT2D eigenvalue weighted by Crippen LogP contribution is 2.06. The molecular weight excluding hydrogens is 226 g/mol. The molecule has 0 amide bonds. The zero-order valence-electron chi connectivity index (χ0n) is 10.5. The molecule has 2 rings (SSSR count). The van der Waals surface area contributed by atoms with E-state index in [1.165, 1.54) is 11.1 Å². The van der Waals surface area contributed by atoms with E-state index in [1.807, 2.05) is 6.07 Å². The van der Waals surface area contributed by atoms with Crippen LogP contribution >= 0.6 is 0 Å². The number of nitrogens with one attached hydrogen (secondary N) is 1. The zero-order valence-corrected chi connectivity index (χ0v) is 10.5. The van der Waals surface area contributed by atoms with Crippen molar-refractivity contribution in [2.75, 3.05) is 7.11 Å². The Morgan fingerprint density at radius 3 is 2.83 bits per heavy atom. The molecule has 1 aromatic heterocycles. The Morgan fingerprint density at radius 2 is 2.06 bits per heavy atom. The second kappa shape index (κ2) is 6.83. The fraction of sp³-hybridized carbons (Fsp3) is 0.286. The van der Waals surface area contributed by atoms with Gasteiger partial charge < -0.3 is 10.1 Å². The van der Waals surface area contributed by atoms with Crippen LogP contribution in [-0.2, 0) is 24.4 Å². The van der Waals surface area contributed by atoms with Crippen LogP contribution in [0.5, 0.6) is 0 Å². The Kier molecular flexibility index (Phi) is 4.81. The topological polar surface area (TPSA) is 47.0 Å². The van der Waals surface area contributed by atoms with Crippen LogP contribution in [0.25, 0.3) is 0 Å². The van der Waals surface area contributed by atoms with E-state index < -0.39 is 0 Å². The summed E-state index contributed by atoms with van der Waals surface area (Å²) in [6, 6.07) is 10.3. The summed E-state index contributed by atoms with van der Waals surface area (Å²) in [5, 5.41) is 3.36. The molecule has 4 heteroatoms. The summed E-state index contributed by atoms with van der Waals surface area (Å²) in [7, 11) is 1.71. The molecule has 0 unspecified atom stereocenters. The standard InChI is InChI=1S/C14H17N3O/c1-18-10-13-4-2-3-12(7-13)8-16-9-14-5-6-15-11-17-14/h2-7,11,16H,8-10H2,1H3. The van der Waals surface area contributed by atoms with Gasteiger partial charge in [0, 0.05) is 26.4 Å². The first kappa shape index (κ1) is 12.7. The molecular formula is C14H17N3O. The minimum atomic E-state index is 0.653. The van der Waals surface area contributed by atoms with E-state index in [0.717, 1.165) is 18.8 Å². The Hall–Kier alpha value is -1.78. The van der Waals surface area contributed by atoms with Gasteiger partial charge in [0.1, 0.15) is 6.33 Å². The van der Waals surface area contributed by atoms with Gasteiger partial charge in [-0.3, -0.25) is 0 Å². The van der Waals surface area contributed by atoms with Crippen molar-refractivity contribution in [1.82, 2.24) is 15.3 Å². The molecule has 0 saturated heterocycles. The Labute approximate surface area is 107 Å². The zero-order chi connectivity index (χ0) is 12.6. The first-order valence-corrected chi connectivity index (χ1v) is 5.91. The van der Waals surface area contributed by atoms with Gasteiger partial charge in [-0.2, -0.15) is 0 Å². The molecule has 0 bridgehead atoms. The Morgan fingerprint density at radius 1 is 1.17 bits per heavy atom. The predicted molar refractivity (Wildman–Crippen MR) is 69.7 cm³/mol. The van der Waals surface area contributed by atoms with Gasteiger partial charge in [-0.05, 0) is 17.2 Å². The molecule has 18 heavy (non-hydrogen) atoms. The first-order valence-electron chi connectivity index (χ1n) is 5.91. The van der Waals surface area contributed by atoms with Gasteiger partial charge in [0.25, 0.3) is 0 Å². The minimum absolute atomic E-state index is 0.653. The highest BCUT2D eigenvalue weighted by atomic mass is 16.5. The fourth-order valence-corrected chi connectivity index (χ4v) is 1.75. The van der Waals surface area contributed by atoms with Crippen LogP contribution in [0.3, 0.4) is 0 Å². The molecule has 1 heterocycles. The molecule has 0 saturated carbocycles. The van der Waals surface area contributed by atoms with E-state index in [2.05, 4.69) is 39.6 Å². The van der Waals surface area contributed by atoms with Gasteiger partial charge in [0.05, 0.1) is 12.3 Å². The third-order valence-corrected chi connectivity index (χ3v) is 2.58. The van der Waals surface area contributed by atoms with Crippen molar-refractivity contribution in [3.8, 4) is 0 Å². The summed E-state index contributed by atoms with van der Waals surface area (Å²) >= 11 is 0. The predicted octanol–water partition coefficient (Wildman–Crippen LogP) is 1.91. The number of ether oxygens (including phenoxy) is 1. The third kappa shape index (κ3) is 3.91. The van der Waals surface area contributed by atoms with Crippen LogP contribution in [0, 0.1) is 0 Å². The third-order valence-electron chi connectivity index (χ3n) is 2.58. The van der Waals surface area contributed by atoms with E-state index in [-0.39, 0.29) is 0 Å². The molecule has 0 aliphatic rings. The van der Waals surface area contributed by atoms with E-state index in [1.54, 1.807) is 19.6 Å². The lowest BCUT2D eigenvalue weighted by atomic mass is 10.1. The maximum Gasteiger partial charge on any atom is 0.115 e. The van der Waals surface area contributed by atoms with E-state index in [0.29, 0.717) is 6.61 Å². The first-order chi connectivity index (χ1) is 8.88. The van der Waals surface area contributed by atoms with Crippen molar-refractivity contribution in [1.29, 1.82) is 0 Å². The summed E-state index contributed by atoms with van der Waals surface area (Å²) in [6.07, 6.45) is 3.32. The SMILES string of the molecule is COCc1cccc(CNCc2ccncn2)c1. The van der Waals surface area contributed by atoms with Gasteiger partial charge in [-0.25, -0.2) is 9.97 Å². The highest BCUT2D eigenvalue weighted by molar-refractivity contribution is 5.22. The number of hydrogen-bond acceptors (Lipinski definition) is 4. The summed E-state index contributed by atoms with van der Waals surface area (Å²) in [5.41, 5.74) is 3.44. The molecule has 4 nitrogen and oxygen atoms in total. The molecule has 0 aliphatic heterocycles. The second-order valence-corrected chi connectivity index (χ2v) is 4.06. The average Bonchev–Trinajstić information content (AvgIpc) is 2.41. The molecule has 1 aromatic carbocycles. The van der Waals surface area contributed by atoms with Crippen molar-refractivity contribution < 1.29 is 4.74 Å². The van der Waals surface area contributed by atoms with Crippen molar-refractivity contribution in [3.63, 3.8) is 0 Å². The number of rotatable bonds is 6. The van der Waals surface area contributed by atoms with Crippen LogP contribution in [0.2, 0.25) is 0 Å². The van der Waals surface area contributed by atoms with E-state index in [9.17, 15) is 0 Å². The Bertz CT molecular complexity index is 473. The highest BCUT2D eigenvalue weighted by Gasteiger charge is 1.97. The lowest BCUT2D eigenvalue weighted by Gasteiger charge is -2.06. The maximum atomic E-state index is 5.12. The summed E-state index contributed by atoms with van der Waals surface area (Å²) in [6.45, 7) is 2.22. The monoisotopic (exact) mass is 243 g/mol. The van der Waals surface area contributed by atoms with Gasteiger partial charge >= 0.3 is 0 Å². The molecule has 94 valence electrons. The van der Waals surface area contributed by atoms with Gasteiger partial charge in [0.15, 0.2) is 0 Å². The molecule has 0 radical (unpaired) electrons. The minimum Gasteiger partial charge on any atom is -0.380 e. The molecule has 1 N–H and O–H groups in total. The lowest BCUT2D eigenvalue weighted by Crippen LogP contribution is -2.13. The van der Waals surface area contributed by atoms with Crippen molar-refractivity contribution in [2.45, 2.75) is 19.7 Å². The van der Waals surface area contributed by atoms with Crippen LogP contribution in [0.1, 0.15) is 16.8 Å². The van der Waals surface area contributed by atoms with Crippen molar-refractivity contribution >= 4 is 0 Å². The number of hydrogen-bond donors (Lipinski definition) is 1. The smallest absolute Gasteiger partial charge is 0.115 e. The van der Waals surface area contributed by atoms with Crippen LogP contribution in [0.15, 0.2) is 42.9 Å². The average molecular weight is 243 g/mol. The normalized spacial score (nSPS) is 10.5. The van der Waals surface area contributed by atoms with Crippen LogP contribution < -0.4 is 5.32 Å². The number of nitrogens with zero attached hydrogens (tertiary/aromatic N) is 2. The van der Waals surface area contributed by atoms with Crippen molar-refractivity contribution in [3.05, 3.63) is 59.7 Å². The summed E-state index contributed by atoms with van der Waals surface area (Å²) in [4.78, 5) is 8.05. The summed E-state index contributed by atoms with van der Waals surface area (Å²) < 4.78 is 5.12. The molecule has 0 atom stereocenters. The van der Waals surface area contributed by atoms with Gasteiger partial charge in [-0.1, -0.05) is 24.3 Å². The van der Waals surface area contributed by atoms with Crippen molar-refractivity contribution in [2.24, 2.45) is 0 Å². The molecule has 0 fully saturated rings. The van der Waals surface area contributed by atoms with Crippen LogP contribution in [-0.4, -0.2) is 17.1 Å². The van der Waals surface area contributed by atoms with E-state index in [4.69, 9.17) is 4.74 Å². The van der Waals surface area contributed by atoms with E-state index >= 15 is 0 Å². The largest absolute Gasteiger partial charge is 0.380 e. The summed E-state index contributed by atoms with van der Waals surface area (Å²) in [5.74, 6) is 0. The van der Waals surface area contributed by atoms with Gasteiger partial charge in [0.2, 0.25) is 0 Å². The molecule has 0 spiro atoms. The lowest BCUT2D eigenvalue weighted by molar-refractivity contribution is 0.185. The Balaban J connectivity index is 1.84. The number of aromatic nitrogens is 2. The molecule has 0 aliphatic carbocycles. The second-order valence-electron chi connectivity index (χ2n) is 4.06. The van der Waals surface area contributed by atoms with Crippen LogP contribution in [0.4, 0.5) is 0 Å².